The minimum atomic E-state index is -0.419. The summed E-state index contributed by atoms with van der Waals surface area (Å²) in [6, 6.07) is 18.5. The molecule has 0 radical (unpaired) electrons. The highest BCUT2D eigenvalue weighted by Gasteiger charge is 2.13. The van der Waals surface area contributed by atoms with Crippen molar-refractivity contribution in [3.8, 4) is 11.5 Å². The highest BCUT2D eigenvalue weighted by atomic mass is 16.7. The van der Waals surface area contributed by atoms with Gasteiger partial charge in [-0.3, -0.25) is 4.79 Å². The fourth-order valence-electron chi connectivity index (χ4n) is 2.55. The molecule has 2 N–H and O–H groups in total. The molecule has 1 aromatic heterocycles. The van der Waals surface area contributed by atoms with Crippen LogP contribution in [0.25, 0.3) is 0 Å². The largest absolute Gasteiger partial charge is 0.454 e. The molecule has 0 fully saturated rings. The van der Waals surface area contributed by atoms with E-state index < -0.39 is 5.91 Å². The Bertz CT molecular complexity index is 966. The van der Waals surface area contributed by atoms with Gasteiger partial charge in [0.15, 0.2) is 17.3 Å². The number of anilines is 1. The van der Waals surface area contributed by atoms with Gasteiger partial charge in [0, 0.05) is 5.69 Å². The van der Waals surface area contributed by atoms with Gasteiger partial charge in [-0.05, 0) is 48.0 Å². The Balaban J connectivity index is 1.31. The van der Waals surface area contributed by atoms with Crippen LogP contribution in [0, 0.1) is 0 Å². The topological polar surface area (TPSA) is 85.1 Å². The van der Waals surface area contributed by atoms with Crippen LogP contribution in [0.1, 0.15) is 21.9 Å². The number of carbonyl (C=O) groups excluding carboxylic acids is 1. The Morgan fingerprint density at radius 2 is 1.89 bits per heavy atom. The number of benzene rings is 2. The average molecular weight is 363 g/mol. The first-order valence-electron chi connectivity index (χ1n) is 8.38. The molecule has 7 nitrogen and oxygen atoms in total. The number of amides is 1. The van der Waals surface area contributed by atoms with Crippen LogP contribution >= 0.6 is 0 Å². The number of nitrogens with one attached hydrogen (secondary N) is 2. The lowest BCUT2D eigenvalue weighted by Gasteiger charge is -2.03. The van der Waals surface area contributed by atoms with Crippen LogP contribution in [0.5, 0.6) is 11.5 Å². The van der Waals surface area contributed by atoms with Crippen molar-refractivity contribution in [3.63, 3.8) is 0 Å². The minimum absolute atomic E-state index is 0.197. The van der Waals surface area contributed by atoms with Crippen LogP contribution in [0.15, 0.2) is 70.2 Å². The minimum Gasteiger partial charge on any atom is -0.454 e. The van der Waals surface area contributed by atoms with Crippen molar-refractivity contribution in [3.05, 3.63) is 77.7 Å². The molecule has 7 heteroatoms. The van der Waals surface area contributed by atoms with E-state index in [1.165, 1.54) is 6.21 Å². The van der Waals surface area contributed by atoms with Crippen LogP contribution in [-0.4, -0.2) is 18.9 Å². The Kier molecular flexibility index (Phi) is 4.74. The summed E-state index contributed by atoms with van der Waals surface area (Å²) in [5.41, 5.74) is 4.21. The van der Waals surface area contributed by atoms with Crippen LogP contribution < -0.4 is 20.2 Å². The summed E-state index contributed by atoms with van der Waals surface area (Å²) in [7, 11) is 0. The predicted molar refractivity (Wildman–Crippen MR) is 100 cm³/mol. The monoisotopic (exact) mass is 363 g/mol. The third-order valence-corrected chi connectivity index (χ3v) is 3.90. The Morgan fingerprint density at radius 1 is 1.04 bits per heavy atom. The highest BCUT2D eigenvalue weighted by molar-refractivity contribution is 5.92. The molecule has 1 amide bonds. The van der Waals surface area contributed by atoms with Gasteiger partial charge in [0.1, 0.15) is 5.76 Å². The molecule has 2 aromatic carbocycles. The van der Waals surface area contributed by atoms with E-state index in [4.69, 9.17) is 13.9 Å². The van der Waals surface area contributed by atoms with E-state index in [2.05, 4.69) is 15.8 Å². The third-order valence-electron chi connectivity index (χ3n) is 3.90. The van der Waals surface area contributed by atoms with Crippen molar-refractivity contribution < 1.29 is 18.7 Å². The Morgan fingerprint density at radius 3 is 2.78 bits per heavy atom. The zero-order valence-electron chi connectivity index (χ0n) is 14.3. The number of nitrogens with zero attached hydrogens (tertiary/aromatic N) is 1. The van der Waals surface area contributed by atoms with Crippen LogP contribution in [0.4, 0.5) is 5.69 Å². The Hall–Kier alpha value is -3.74. The van der Waals surface area contributed by atoms with E-state index >= 15 is 0 Å². The fourth-order valence-corrected chi connectivity index (χ4v) is 2.55. The lowest BCUT2D eigenvalue weighted by Crippen LogP contribution is -2.16. The molecule has 0 bridgehead atoms. The fraction of sp³-hybridized carbons (Fsp3) is 0.100. The lowest BCUT2D eigenvalue weighted by molar-refractivity contribution is 0.0926. The van der Waals surface area contributed by atoms with Crippen molar-refractivity contribution in [1.82, 2.24) is 5.43 Å². The molecule has 0 unspecified atom stereocenters. The van der Waals surface area contributed by atoms with Gasteiger partial charge in [-0.1, -0.05) is 18.2 Å². The van der Waals surface area contributed by atoms with Gasteiger partial charge < -0.3 is 19.2 Å². The first kappa shape index (κ1) is 16.7. The number of hydrazone groups is 1. The molecule has 0 saturated carbocycles. The van der Waals surface area contributed by atoms with E-state index in [9.17, 15) is 4.79 Å². The molecule has 0 atom stereocenters. The van der Waals surface area contributed by atoms with Gasteiger partial charge in [0.25, 0.3) is 0 Å². The number of para-hydroxylation sites is 1. The maximum Gasteiger partial charge on any atom is 0.307 e. The first-order valence-corrected chi connectivity index (χ1v) is 8.38. The summed E-state index contributed by atoms with van der Waals surface area (Å²) in [6.07, 6.45) is 1.53. The molecule has 0 saturated heterocycles. The molecule has 0 aliphatic carbocycles. The summed E-state index contributed by atoms with van der Waals surface area (Å²) in [6.45, 7) is 0.699. The molecule has 2 heterocycles. The highest BCUT2D eigenvalue weighted by Crippen LogP contribution is 2.31. The molecule has 0 spiro atoms. The van der Waals surface area contributed by atoms with Crippen molar-refractivity contribution in [2.45, 2.75) is 6.54 Å². The van der Waals surface area contributed by atoms with E-state index in [1.807, 2.05) is 36.4 Å². The van der Waals surface area contributed by atoms with Crippen molar-refractivity contribution in [2.75, 3.05) is 12.1 Å². The van der Waals surface area contributed by atoms with Crippen molar-refractivity contribution in [1.29, 1.82) is 0 Å². The smallest absolute Gasteiger partial charge is 0.307 e. The SMILES string of the molecule is O=C(NN=Cc1ccc2c(c1)OCO2)c1ccc(CNc2ccccc2)o1. The van der Waals surface area contributed by atoms with Crippen molar-refractivity contribution >= 4 is 17.8 Å². The molecule has 1 aliphatic heterocycles. The summed E-state index contributed by atoms with van der Waals surface area (Å²) >= 11 is 0. The van der Waals surface area contributed by atoms with Gasteiger partial charge in [0.05, 0.1) is 12.8 Å². The number of rotatable bonds is 6. The summed E-state index contributed by atoms with van der Waals surface area (Å²) in [5.74, 6) is 1.79. The second-order valence-corrected chi connectivity index (χ2v) is 5.80. The zero-order chi connectivity index (χ0) is 18.5. The number of furan rings is 1. The van der Waals surface area contributed by atoms with E-state index in [0.717, 1.165) is 11.3 Å². The normalized spacial score (nSPS) is 12.3. The summed E-state index contributed by atoms with van der Waals surface area (Å²) in [5, 5.41) is 7.17. The number of carbonyl (C=O) groups is 1. The van der Waals surface area contributed by atoms with Crippen LogP contribution in [0.3, 0.4) is 0 Å². The number of hydrogen-bond donors (Lipinski definition) is 2. The second-order valence-electron chi connectivity index (χ2n) is 5.80. The number of ether oxygens (including phenoxy) is 2. The maximum atomic E-state index is 12.1. The molecule has 27 heavy (non-hydrogen) atoms. The molecular weight excluding hydrogens is 346 g/mol. The molecule has 3 aromatic rings. The predicted octanol–water partition coefficient (Wildman–Crippen LogP) is 3.38. The van der Waals surface area contributed by atoms with E-state index in [-0.39, 0.29) is 12.6 Å². The second kappa shape index (κ2) is 7.65. The Labute approximate surface area is 155 Å². The summed E-state index contributed by atoms with van der Waals surface area (Å²) < 4.78 is 16.1. The van der Waals surface area contributed by atoms with Crippen molar-refractivity contribution in [2.24, 2.45) is 5.10 Å². The molecule has 136 valence electrons. The molecule has 4 rings (SSSR count). The van der Waals surface area contributed by atoms with Gasteiger partial charge in [-0.2, -0.15) is 5.10 Å². The standard InChI is InChI=1S/C20H17N3O4/c24-20(23-22-11-14-6-8-17-19(10-14)26-13-25-17)18-9-7-16(27-18)12-21-15-4-2-1-3-5-15/h1-11,21H,12-13H2,(H,23,24). The van der Waals surface area contributed by atoms with E-state index in [1.54, 1.807) is 24.3 Å². The number of fused-ring (bicyclic) bond motifs is 1. The first-order chi connectivity index (χ1) is 13.3. The van der Waals surface area contributed by atoms with E-state index in [0.29, 0.717) is 23.8 Å². The number of hydrogen-bond acceptors (Lipinski definition) is 6. The third kappa shape index (κ3) is 4.09. The molecule has 1 aliphatic rings. The maximum absolute atomic E-state index is 12.1. The van der Waals surface area contributed by atoms with Gasteiger partial charge in [-0.15, -0.1) is 0 Å². The van der Waals surface area contributed by atoms with Crippen LogP contribution in [-0.2, 0) is 6.54 Å². The van der Waals surface area contributed by atoms with Gasteiger partial charge >= 0.3 is 5.91 Å². The molecular formula is C20H17N3O4. The van der Waals surface area contributed by atoms with Gasteiger partial charge in [-0.25, -0.2) is 5.43 Å². The van der Waals surface area contributed by atoms with Gasteiger partial charge in [0.2, 0.25) is 6.79 Å². The quantitative estimate of drug-likeness (QED) is 0.518. The average Bonchev–Trinajstić information content (AvgIpc) is 3.36. The zero-order valence-corrected chi connectivity index (χ0v) is 14.3. The lowest BCUT2D eigenvalue weighted by atomic mass is 10.2. The summed E-state index contributed by atoms with van der Waals surface area (Å²) in [4.78, 5) is 12.1. The van der Waals surface area contributed by atoms with Crippen LogP contribution in [0.2, 0.25) is 0 Å².